The average Bonchev–Trinajstić information content (AvgIpc) is 3.28. The molecule has 1 aliphatic rings. The van der Waals surface area contributed by atoms with Crippen molar-refractivity contribution >= 4 is 28.8 Å². The van der Waals surface area contributed by atoms with E-state index in [1.165, 1.54) is 11.3 Å². The molecule has 1 unspecified atom stereocenters. The lowest BCUT2D eigenvalue weighted by molar-refractivity contribution is -0.140. The molecular weight excluding hydrogens is 402 g/mol. The number of thiophene rings is 1. The summed E-state index contributed by atoms with van der Waals surface area (Å²) < 4.78 is 10.7. The lowest BCUT2D eigenvalue weighted by Gasteiger charge is -2.24. The van der Waals surface area contributed by atoms with Gasteiger partial charge < -0.3 is 19.5 Å². The maximum Gasteiger partial charge on any atom is 0.295 e. The molecule has 2 heterocycles. The molecule has 1 amide bonds. The molecule has 1 aromatic heterocycles. The van der Waals surface area contributed by atoms with Crippen molar-refractivity contribution in [3.63, 3.8) is 0 Å². The lowest BCUT2D eigenvalue weighted by atomic mass is 9.98. The smallest absolute Gasteiger partial charge is 0.295 e. The number of ether oxygens (including phenoxy) is 2. The number of carbonyl (C=O) groups is 2. The molecule has 3 rings (SSSR count). The summed E-state index contributed by atoms with van der Waals surface area (Å²) in [5, 5.41) is 13.0. The van der Waals surface area contributed by atoms with Gasteiger partial charge in [0.15, 0.2) is 0 Å². The second-order valence-corrected chi connectivity index (χ2v) is 8.13. The minimum atomic E-state index is -0.658. The van der Waals surface area contributed by atoms with Crippen molar-refractivity contribution in [2.45, 2.75) is 32.7 Å². The molecule has 30 heavy (non-hydrogen) atoms. The van der Waals surface area contributed by atoms with Crippen LogP contribution in [0, 0.1) is 6.92 Å². The molecule has 1 aromatic carbocycles. The highest BCUT2D eigenvalue weighted by Gasteiger charge is 2.46. The molecule has 1 fully saturated rings. The van der Waals surface area contributed by atoms with Crippen LogP contribution in [0.4, 0.5) is 0 Å². The molecule has 2 aromatic rings. The second kappa shape index (κ2) is 9.91. The number of nitrogens with zero attached hydrogens (tertiary/aromatic N) is 1. The fraction of sp³-hybridized carbons (Fsp3) is 0.391. The van der Waals surface area contributed by atoms with Gasteiger partial charge in [-0.2, -0.15) is 0 Å². The zero-order valence-electron chi connectivity index (χ0n) is 17.5. The van der Waals surface area contributed by atoms with Gasteiger partial charge in [0.25, 0.3) is 11.7 Å². The van der Waals surface area contributed by atoms with Crippen LogP contribution >= 0.6 is 11.3 Å². The predicted octanol–water partition coefficient (Wildman–Crippen LogP) is 4.30. The van der Waals surface area contributed by atoms with E-state index in [4.69, 9.17) is 9.47 Å². The Morgan fingerprint density at radius 3 is 2.50 bits per heavy atom. The van der Waals surface area contributed by atoms with Gasteiger partial charge in [-0.15, -0.1) is 11.3 Å². The highest BCUT2D eigenvalue weighted by molar-refractivity contribution is 7.10. The molecule has 1 atom stereocenters. The monoisotopic (exact) mass is 429 g/mol. The number of hydrogen-bond donors (Lipinski definition) is 1. The van der Waals surface area contributed by atoms with Crippen LogP contribution in [-0.4, -0.2) is 48.6 Å². The Hall–Kier alpha value is -2.64. The van der Waals surface area contributed by atoms with E-state index in [9.17, 15) is 14.7 Å². The predicted molar refractivity (Wildman–Crippen MR) is 117 cm³/mol. The number of ketones is 1. The van der Waals surface area contributed by atoms with Gasteiger partial charge in [0.05, 0.1) is 18.2 Å². The topological polar surface area (TPSA) is 76.1 Å². The number of benzene rings is 1. The minimum Gasteiger partial charge on any atom is -0.507 e. The van der Waals surface area contributed by atoms with Crippen LogP contribution in [0.1, 0.15) is 41.8 Å². The van der Waals surface area contributed by atoms with Crippen LogP contribution < -0.4 is 4.74 Å². The van der Waals surface area contributed by atoms with E-state index in [1.54, 1.807) is 36.3 Å². The highest BCUT2D eigenvalue weighted by atomic mass is 32.1. The van der Waals surface area contributed by atoms with E-state index < -0.39 is 17.7 Å². The number of amides is 1. The zero-order chi connectivity index (χ0) is 21.7. The molecule has 0 radical (unpaired) electrons. The maximum absolute atomic E-state index is 12.9. The summed E-state index contributed by atoms with van der Waals surface area (Å²) >= 11 is 1.48. The van der Waals surface area contributed by atoms with Gasteiger partial charge in [-0.3, -0.25) is 9.59 Å². The van der Waals surface area contributed by atoms with Gasteiger partial charge in [0, 0.05) is 30.7 Å². The summed E-state index contributed by atoms with van der Waals surface area (Å²) in [7, 11) is 1.60. The summed E-state index contributed by atoms with van der Waals surface area (Å²) in [4.78, 5) is 28.2. The number of aryl methyl sites for hydroxylation is 1. The number of carbonyl (C=O) groups excluding carboxylic acids is 2. The summed E-state index contributed by atoms with van der Waals surface area (Å²) in [5.41, 5.74) is 1.59. The van der Waals surface area contributed by atoms with Crippen molar-refractivity contribution in [1.82, 2.24) is 4.90 Å². The van der Waals surface area contributed by atoms with Gasteiger partial charge in [0.1, 0.15) is 11.5 Å². The van der Waals surface area contributed by atoms with Crippen molar-refractivity contribution < 1.29 is 24.2 Å². The Labute approximate surface area is 180 Å². The number of aliphatic hydroxyl groups is 1. The standard InChI is InChI=1S/C23H27NO5S/c1-4-12-29-17-8-6-16(7-9-17)20(25)18-19(22-15(2)10-14-30-22)24(11-5-13-28-3)23(27)21(18)26/h6-10,14,19,25H,4-5,11-13H2,1-3H3/b20-18-. The Morgan fingerprint density at radius 1 is 1.17 bits per heavy atom. The number of likely N-dealkylation sites (tertiary alicyclic amines) is 1. The van der Waals surface area contributed by atoms with E-state index in [0.717, 1.165) is 16.9 Å². The Kier molecular flexibility index (Phi) is 7.29. The van der Waals surface area contributed by atoms with E-state index in [0.29, 0.717) is 37.5 Å². The average molecular weight is 430 g/mol. The quantitative estimate of drug-likeness (QED) is 0.278. The third-order valence-electron chi connectivity index (χ3n) is 5.04. The Balaban J connectivity index is 2.02. The molecule has 6 nitrogen and oxygen atoms in total. The van der Waals surface area contributed by atoms with Crippen molar-refractivity contribution in [2.75, 3.05) is 26.9 Å². The first-order chi connectivity index (χ1) is 14.5. The van der Waals surface area contributed by atoms with Gasteiger partial charge >= 0.3 is 0 Å². The lowest BCUT2D eigenvalue weighted by Crippen LogP contribution is -2.31. The zero-order valence-corrected chi connectivity index (χ0v) is 18.3. The van der Waals surface area contributed by atoms with Gasteiger partial charge in [-0.25, -0.2) is 0 Å². The molecule has 1 saturated heterocycles. The number of Topliss-reactive ketones (excluding diaryl/α,β-unsaturated/α-hetero) is 1. The molecule has 0 bridgehead atoms. The van der Waals surface area contributed by atoms with Crippen molar-refractivity contribution in [1.29, 1.82) is 0 Å². The minimum absolute atomic E-state index is 0.130. The Morgan fingerprint density at radius 2 is 1.90 bits per heavy atom. The summed E-state index contributed by atoms with van der Waals surface area (Å²) in [6.07, 6.45) is 1.50. The fourth-order valence-electron chi connectivity index (χ4n) is 3.51. The van der Waals surface area contributed by atoms with Crippen LogP contribution in [0.15, 0.2) is 41.3 Å². The largest absolute Gasteiger partial charge is 0.507 e. The first kappa shape index (κ1) is 22.1. The van der Waals surface area contributed by atoms with Crippen LogP contribution in [0.3, 0.4) is 0 Å². The first-order valence-corrected chi connectivity index (χ1v) is 10.9. The maximum atomic E-state index is 12.9. The highest BCUT2D eigenvalue weighted by Crippen LogP contribution is 2.42. The van der Waals surface area contributed by atoms with Crippen molar-refractivity contribution in [3.8, 4) is 5.75 Å². The van der Waals surface area contributed by atoms with Crippen molar-refractivity contribution in [2.24, 2.45) is 0 Å². The summed E-state index contributed by atoms with van der Waals surface area (Å²) in [6.45, 7) is 5.44. The molecule has 160 valence electrons. The molecule has 0 saturated carbocycles. The number of aliphatic hydroxyl groups excluding tert-OH is 1. The third-order valence-corrected chi connectivity index (χ3v) is 6.11. The van der Waals surface area contributed by atoms with Crippen LogP contribution in [0.2, 0.25) is 0 Å². The normalized spacial score (nSPS) is 18.2. The van der Waals surface area contributed by atoms with Gasteiger partial charge in [0.2, 0.25) is 0 Å². The summed E-state index contributed by atoms with van der Waals surface area (Å²) in [6, 6.07) is 8.27. The number of rotatable bonds is 9. The number of hydrogen-bond acceptors (Lipinski definition) is 6. The summed E-state index contributed by atoms with van der Waals surface area (Å²) in [5.74, 6) is -0.719. The van der Waals surface area contributed by atoms with E-state index >= 15 is 0 Å². The molecule has 0 aliphatic carbocycles. The first-order valence-electron chi connectivity index (χ1n) is 10.0. The molecule has 1 aliphatic heterocycles. The fourth-order valence-corrected chi connectivity index (χ4v) is 4.56. The van der Waals surface area contributed by atoms with Gasteiger partial charge in [-0.05, 0) is 61.0 Å². The van der Waals surface area contributed by atoms with E-state index in [-0.39, 0.29) is 11.3 Å². The molecule has 7 heteroatoms. The molecular formula is C23H27NO5S. The molecule has 0 spiro atoms. The second-order valence-electron chi connectivity index (χ2n) is 7.18. The van der Waals surface area contributed by atoms with Crippen LogP contribution in [0.5, 0.6) is 5.75 Å². The van der Waals surface area contributed by atoms with E-state index in [2.05, 4.69) is 0 Å². The number of methoxy groups -OCH3 is 1. The van der Waals surface area contributed by atoms with Crippen molar-refractivity contribution in [3.05, 3.63) is 57.3 Å². The third kappa shape index (κ3) is 4.42. The Bertz CT molecular complexity index is 931. The SMILES string of the molecule is CCCOc1ccc(/C(O)=C2/C(=O)C(=O)N(CCCOC)C2c2sccc2C)cc1. The molecule has 1 N–H and O–H groups in total. The van der Waals surface area contributed by atoms with E-state index in [1.807, 2.05) is 25.3 Å². The van der Waals surface area contributed by atoms with Crippen LogP contribution in [0.25, 0.3) is 5.76 Å². The van der Waals surface area contributed by atoms with Crippen LogP contribution in [-0.2, 0) is 14.3 Å². The van der Waals surface area contributed by atoms with Gasteiger partial charge in [-0.1, -0.05) is 6.92 Å².